The van der Waals surface area contributed by atoms with Crippen molar-refractivity contribution in [1.29, 1.82) is 0 Å². The maximum Gasteiger partial charge on any atom is 0.237 e. The van der Waals surface area contributed by atoms with Crippen LogP contribution in [-0.4, -0.2) is 42.0 Å². The third kappa shape index (κ3) is 3.96. The van der Waals surface area contributed by atoms with Gasteiger partial charge in [-0.15, -0.1) is 0 Å². The Morgan fingerprint density at radius 1 is 1.41 bits per heavy atom. The molecular formula is C13H27N3O. The van der Waals surface area contributed by atoms with Crippen LogP contribution >= 0.6 is 0 Å². The lowest BCUT2D eigenvalue weighted by Crippen LogP contribution is -2.70. The number of nitrogens with zero attached hydrogens (tertiary/aromatic N) is 1. The predicted octanol–water partition coefficient (Wildman–Crippen LogP) is 0.960. The number of nitrogens with one attached hydrogen (secondary N) is 1. The number of hydrogen-bond acceptors (Lipinski definition) is 3. The van der Waals surface area contributed by atoms with E-state index in [0.29, 0.717) is 5.92 Å². The molecule has 1 rings (SSSR count). The van der Waals surface area contributed by atoms with E-state index in [9.17, 15) is 4.79 Å². The van der Waals surface area contributed by atoms with Gasteiger partial charge in [0.15, 0.2) is 0 Å². The summed E-state index contributed by atoms with van der Waals surface area (Å²) in [4.78, 5) is 14.0. The fraction of sp³-hybridized carbons (Fsp3) is 0.923. The minimum absolute atomic E-state index is 0.0534. The van der Waals surface area contributed by atoms with E-state index in [1.165, 1.54) is 0 Å². The molecule has 0 aromatic heterocycles. The van der Waals surface area contributed by atoms with Crippen LogP contribution in [0.4, 0.5) is 0 Å². The van der Waals surface area contributed by atoms with Gasteiger partial charge in [-0.05, 0) is 19.3 Å². The lowest BCUT2D eigenvalue weighted by atomic mass is 9.85. The van der Waals surface area contributed by atoms with E-state index in [-0.39, 0.29) is 17.5 Å². The van der Waals surface area contributed by atoms with Crippen molar-refractivity contribution in [3.8, 4) is 0 Å². The van der Waals surface area contributed by atoms with E-state index in [1.807, 2.05) is 6.92 Å². The quantitative estimate of drug-likeness (QED) is 0.728. The topological polar surface area (TPSA) is 58.4 Å². The van der Waals surface area contributed by atoms with Crippen molar-refractivity contribution >= 4 is 5.91 Å². The zero-order valence-corrected chi connectivity index (χ0v) is 11.6. The lowest BCUT2D eigenvalue weighted by Gasteiger charge is -2.50. The number of carbonyl (C=O) groups excluding carboxylic acids is 1. The first-order chi connectivity index (χ1) is 7.88. The van der Waals surface area contributed by atoms with Crippen molar-refractivity contribution in [2.75, 3.05) is 19.6 Å². The van der Waals surface area contributed by atoms with Crippen LogP contribution < -0.4 is 11.1 Å². The van der Waals surface area contributed by atoms with Crippen LogP contribution in [0.1, 0.15) is 40.5 Å². The van der Waals surface area contributed by atoms with Crippen molar-refractivity contribution in [3.05, 3.63) is 0 Å². The zero-order chi connectivity index (χ0) is 13.1. The van der Waals surface area contributed by atoms with E-state index >= 15 is 0 Å². The molecule has 1 aliphatic heterocycles. The highest BCUT2D eigenvalue weighted by Crippen LogP contribution is 2.25. The molecule has 0 spiro atoms. The molecule has 1 unspecified atom stereocenters. The minimum atomic E-state index is -0.0542. The van der Waals surface area contributed by atoms with Gasteiger partial charge in [0.2, 0.25) is 5.91 Å². The standard InChI is InChI=1S/C13H27N3O/c1-5-6-13(14)8-16(9-13)11(4)12(17)15-7-10(2)3/h10-11H,5-9,14H2,1-4H3,(H,15,17). The Bertz CT molecular complexity index is 259. The first-order valence-corrected chi connectivity index (χ1v) is 6.68. The Hall–Kier alpha value is -0.610. The van der Waals surface area contributed by atoms with Crippen LogP contribution in [0.15, 0.2) is 0 Å². The maximum absolute atomic E-state index is 11.9. The molecule has 1 saturated heterocycles. The van der Waals surface area contributed by atoms with Crippen molar-refractivity contribution in [1.82, 2.24) is 10.2 Å². The zero-order valence-electron chi connectivity index (χ0n) is 11.6. The number of nitrogens with two attached hydrogens (primary N) is 1. The molecule has 100 valence electrons. The van der Waals surface area contributed by atoms with Crippen LogP contribution in [-0.2, 0) is 4.79 Å². The summed E-state index contributed by atoms with van der Waals surface area (Å²) < 4.78 is 0. The number of carbonyl (C=O) groups is 1. The molecular weight excluding hydrogens is 214 g/mol. The van der Waals surface area contributed by atoms with Crippen LogP contribution in [0.3, 0.4) is 0 Å². The highest BCUT2D eigenvalue weighted by atomic mass is 16.2. The highest BCUT2D eigenvalue weighted by Gasteiger charge is 2.42. The van der Waals surface area contributed by atoms with E-state index in [4.69, 9.17) is 5.73 Å². The summed E-state index contributed by atoms with van der Waals surface area (Å²) in [7, 11) is 0. The predicted molar refractivity (Wildman–Crippen MR) is 70.7 cm³/mol. The fourth-order valence-electron chi connectivity index (χ4n) is 2.31. The van der Waals surface area contributed by atoms with Gasteiger partial charge in [0, 0.05) is 25.2 Å². The van der Waals surface area contributed by atoms with E-state index < -0.39 is 0 Å². The molecule has 1 fully saturated rings. The van der Waals surface area contributed by atoms with E-state index in [1.54, 1.807) is 0 Å². The van der Waals surface area contributed by atoms with Gasteiger partial charge in [-0.2, -0.15) is 0 Å². The van der Waals surface area contributed by atoms with Gasteiger partial charge < -0.3 is 11.1 Å². The SMILES string of the molecule is CCCC1(N)CN(C(C)C(=O)NCC(C)C)C1. The van der Waals surface area contributed by atoms with Crippen LogP contribution in [0, 0.1) is 5.92 Å². The molecule has 0 aromatic rings. The Morgan fingerprint density at radius 2 is 2.00 bits per heavy atom. The average Bonchev–Trinajstić information content (AvgIpc) is 2.21. The number of hydrogen-bond donors (Lipinski definition) is 2. The summed E-state index contributed by atoms with van der Waals surface area (Å²) in [6.07, 6.45) is 2.15. The van der Waals surface area contributed by atoms with Crippen molar-refractivity contribution in [2.45, 2.75) is 52.1 Å². The van der Waals surface area contributed by atoms with Crippen LogP contribution in [0.2, 0.25) is 0 Å². The smallest absolute Gasteiger partial charge is 0.237 e. The molecule has 1 amide bonds. The van der Waals surface area contributed by atoms with Gasteiger partial charge in [-0.25, -0.2) is 0 Å². The molecule has 1 aliphatic rings. The molecule has 0 aromatic carbocycles. The normalized spacial score (nSPS) is 21.1. The summed E-state index contributed by atoms with van der Waals surface area (Å²) in [5, 5.41) is 2.97. The summed E-state index contributed by atoms with van der Waals surface area (Å²) in [5.74, 6) is 0.619. The molecule has 0 aliphatic carbocycles. The van der Waals surface area contributed by atoms with Gasteiger partial charge in [0.25, 0.3) is 0 Å². The number of likely N-dealkylation sites (tertiary alicyclic amines) is 1. The Balaban J connectivity index is 2.31. The Labute approximate surface area is 105 Å². The van der Waals surface area contributed by atoms with Crippen molar-refractivity contribution in [2.24, 2.45) is 11.7 Å². The number of amides is 1. The molecule has 4 heteroatoms. The first-order valence-electron chi connectivity index (χ1n) is 6.68. The molecule has 17 heavy (non-hydrogen) atoms. The minimum Gasteiger partial charge on any atom is -0.354 e. The summed E-state index contributed by atoms with van der Waals surface area (Å²) >= 11 is 0. The average molecular weight is 241 g/mol. The Kier molecular flexibility index (Phi) is 4.95. The van der Waals surface area contributed by atoms with Gasteiger partial charge >= 0.3 is 0 Å². The molecule has 0 bridgehead atoms. The van der Waals surface area contributed by atoms with E-state index in [2.05, 4.69) is 31.0 Å². The van der Waals surface area contributed by atoms with E-state index in [0.717, 1.165) is 32.5 Å². The second-order valence-corrected chi connectivity index (χ2v) is 5.83. The summed E-state index contributed by atoms with van der Waals surface area (Å²) in [5.41, 5.74) is 6.14. The third-order valence-corrected chi connectivity index (χ3v) is 3.40. The molecule has 0 radical (unpaired) electrons. The highest BCUT2D eigenvalue weighted by molar-refractivity contribution is 5.81. The van der Waals surface area contributed by atoms with Gasteiger partial charge in [-0.1, -0.05) is 27.2 Å². The lowest BCUT2D eigenvalue weighted by molar-refractivity contribution is -0.129. The summed E-state index contributed by atoms with van der Waals surface area (Å²) in [6.45, 7) is 10.7. The first kappa shape index (κ1) is 14.5. The molecule has 1 heterocycles. The monoisotopic (exact) mass is 241 g/mol. The van der Waals surface area contributed by atoms with Gasteiger partial charge in [0.05, 0.1) is 6.04 Å². The van der Waals surface area contributed by atoms with Crippen LogP contribution in [0.25, 0.3) is 0 Å². The molecule has 4 nitrogen and oxygen atoms in total. The third-order valence-electron chi connectivity index (χ3n) is 3.40. The maximum atomic E-state index is 11.9. The van der Waals surface area contributed by atoms with Gasteiger partial charge in [-0.3, -0.25) is 9.69 Å². The summed E-state index contributed by atoms with van der Waals surface area (Å²) in [6, 6.07) is -0.0534. The molecule has 3 N–H and O–H groups in total. The number of rotatable bonds is 6. The molecule has 0 saturated carbocycles. The van der Waals surface area contributed by atoms with Gasteiger partial charge in [0.1, 0.15) is 0 Å². The Morgan fingerprint density at radius 3 is 2.47 bits per heavy atom. The van der Waals surface area contributed by atoms with Crippen LogP contribution in [0.5, 0.6) is 0 Å². The second kappa shape index (κ2) is 5.83. The fourth-order valence-corrected chi connectivity index (χ4v) is 2.31. The van der Waals surface area contributed by atoms with Crippen molar-refractivity contribution < 1.29 is 4.79 Å². The second-order valence-electron chi connectivity index (χ2n) is 5.83. The van der Waals surface area contributed by atoms with Crippen molar-refractivity contribution in [3.63, 3.8) is 0 Å². The largest absolute Gasteiger partial charge is 0.354 e. The molecule has 1 atom stereocenters.